The van der Waals surface area contributed by atoms with Crippen LogP contribution in [0.3, 0.4) is 0 Å². The lowest BCUT2D eigenvalue weighted by Gasteiger charge is -2.39. The first-order valence-electron chi connectivity index (χ1n) is 13.0. The van der Waals surface area contributed by atoms with Gasteiger partial charge in [-0.15, -0.1) is 0 Å². The van der Waals surface area contributed by atoms with Gasteiger partial charge in [0.1, 0.15) is 11.9 Å². The van der Waals surface area contributed by atoms with Crippen molar-refractivity contribution in [2.75, 3.05) is 37.6 Å². The van der Waals surface area contributed by atoms with Gasteiger partial charge in [-0.3, -0.25) is 9.78 Å². The van der Waals surface area contributed by atoms with Gasteiger partial charge in [0.25, 0.3) is 10.0 Å². The summed E-state index contributed by atoms with van der Waals surface area (Å²) >= 11 is 0. The van der Waals surface area contributed by atoms with Gasteiger partial charge in [-0.1, -0.05) is 37.5 Å². The van der Waals surface area contributed by atoms with Gasteiger partial charge in [0, 0.05) is 38.4 Å². The first-order chi connectivity index (χ1) is 17.8. The Labute approximate surface area is 218 Å². The Balaban J connectivity index is 1.36. The zero-order chi connectivity index (χ0) is 26.2. The van der Waals surface area contributed by atoms with Crippen molar-refractivity contribution in [2.45, 2.75) is 62.9 Å². The SMILES string of the molecule is Cc1cnc(C)c(N2CCN(C(=O)C3CN(S(=O)(=O)c4ccccc4)C(=O)N3C3CCCCC3)CC2)n1. The van der Waals surface area contributed by atoms with Crippen molar-refractivity contribution >= 4 is 27.8 Å². The molecule has 2 saturated heterocycles. The molecule has 5 rings (SSSR count). The normalized spacial score (nSPS) is 21.6. The van der Waals surface area contributed by atoms with Crippen LogP contribution in [0.2, 0.25) is 0 Å². The molecule has 1 aliphatic carbocycles. The topological polar surface area (TPSA) is 107 Å². The van der Waals surface area contributed by atoms with Crippen LogP contribution in [0, 0.1) is 13.8 Å². The number of rotatable bonds is 5. The summed E-state index contributed by atoms with van der Waals surface area (Å²) in [4.78, 5) is 42.0. The van der Waals surface area contributed by atoms with Crippen molar-refractivity contribution in [2.24, 2.45) is 0 Å². The summed E-state index contributed by atoms with van der Waals surface area (Å²) in [6.45, 7) is 5.82. The first-order valence-corrected chi connectivity index (χ1v) is 14.5. The third-order valence-corrected chi connectivity index (χ3v) is 9.39. The number of urea groups is 1. The Morgan fingerprint density at radius 2 is 1.65 bits per heavy atom. The van der Waals surface area contributed by atoms with E-state index in [0.29, 0.717) is 26.2 Å². The molecule has 11 heteroatoms. The Hall–Kier alpha value is -3.21. The molecular formula is C26H34N6O4S. The lowest BCUT2D eigenvalue weighted by Crippen LogP contribution is -2.56. The lowest BCUT2D eigenvalue weighted by atomic mass is 9.93. The number of amides is 3. The number of carbonyl (C=O) groups is 2. The van der Waals surface area contributed by atoms with Crippen LogP contribution in [0.15, 0.2) is 41.4 Å². The smallest absolute Gasteiger partial charge is 0.335 e. The molecule has 1 aromatic carbocycles. The van der Waals surface area contributed by atoms with Crippen molar-refractivity contribution in [3.8, 4) is 0 Å². The number of aromatic nitrogens is 2. The molecule has 1 aromatic heterocycles. The highest BCUT2D eigenvalue weighted by Gasteiger charge is 2.50. The second-order valence-electron chi connectivity index (χ2n) is 10.1. The summed E-state index contributed by atoms with van der Waals surface area (Å²) in [6, 6.07) is 6.44. The van der Waals surface area contributed by atoms with E-state index >= 15 is 0 Å². The molecule has 0 spiro atoms. The maximum absolute atomic E-state index is 13.8. The molecule has 3 heterocycles. The van der Waals surface area contributed by atoms with Crippen molar-refractivity contribution in [1.82, 2.24) is 24.1 Å². The Kier molecular flexibility index (Phi) is 7.06. The molecule has 0 bridgehead atoms. The van der Waals surface area contributed by atoms with Gasteiger partial charge < -0.3 is 14.7 Å². The van der Waals surface area contributed by atoms with Gasteiger partial charge in [-0.2, -0.15) is 0 Å². The predicted molar refractivity (Wildman–Crippen MR) is 139 cm³/mol. The summed E-state index contributed by atoms with van der Waals surface area (Å²) in [6.07, 6.45) is 6.34. The van der Waals surface area contributed by atoms with E-state index in [-0.39, 0.29) is 23.4 Å². The minimum atomic E-state index is -4.06. The minimum absolute atomic E-state index is 0.0586. The monoisotopic (exact) mass is 526 g/mol. The van der Waals surface area contributed by atoms with Gasteiger partial charge >= 0.3 is 6.03 Å². The van der Waals surface area contributed by atoms with Crippen LogP contribution in [0.1, 0.15) is 43.5 Å². The van der Waals surface area contributed by atoms with E-state index in [0.717, 1.165) is 53.6 Å². The van der Waals surface area contributed by atoms with Crippen molar-refractivity contribution in [1.29, 1.82) is 0 Å². The predicted octanol–water partition coefficient (Wildman–Crippen LogP) is 2.57. The van der Waals surface area contributed by atoms with Gasteiger partial charge in [-0.25, -0.2) is 22.5 Å². The third-order valence-electron chi connectivity index (χ3n) is 7.63. The van der Waals surface area contributed by atoms with E-state index in [9.17, 15) is 18.0 Å². The number of hydrogen-bond donors (Lipinski definition) is 0. The number of aryl methyl sites for hydroxylation is 2. The summed E-state index contributed by atoms with van der Waals surface area (Å²) in [5, 5.41) is 0. The molecule has 1 atom stereocenters. The number of piperazine rings is 1. The van der Waals surface area contributed by atoms with Crippen LogP contribution in [0.25, 0.3) is 0 Å². The Morgan fingerprint density at radius 3 is 2.32 bits per heavy atom. The van der Waals surface area contributed by atoms with Crippen LogP contribution in [-0.2, 0) is 14.8 Å². The molecule has 198 valence electrons. The number of nitrogens with zero attached hydrogens (tertiary/aromatic N) is 6. The third kappa shape index (κ3) is 4.88. The molecule has 3 aliphatic rings. The van der Waals surface area contributed by atoms with E-state index in [1.165, 1.54) is 12.1 Å². The average molecular weight is 527 g/mol. The molecule has 2 aliphatic heterocycles. The van der Waals surface area contributed by atoms with E-state index in [2.05, 4.69) is 14.9 Å². The van der Waals surface area contributed by atoms with Crippen LogP contribution < -0.4 is 4.90 Å². The minimum Gasteiger partial charge on any atom is -0.352 e. The maximum Gasteiger partial charge on any atom is 0.335 e. The highest BCUT2D eigenvalue weighted by Crippen LogP contribution is 2.33. The quantitative estimate of drug-likeness (QED) is 0.589. The van der Waals surface area contributed by atoms with Gasteiger partial charge in [-0.05, 0) is 38.8 Å². The molecule has 3 amide bonds. The highest BCUT2D eigenvalue weighted by molar-refractivity contribution is 7.89. The van der Waals surface area contributed by atoms with E-state index < -0.39 is 22.1 Å². The van der Waals surface area contributed by atoms with E-state index in [1.807, 2.05) is 13.8 Å². The molecule has 10 nitrogen and oxygen atoms in total. The lowest BCUT2D eigenvalue weighted by molar-refractivity contribution is -0.136. The van der Waals surface area contributed by atoms with Crippen molar-refractivity contribution < 1.29 is 18.0 Å². The fourth-order valence-corrected chi connectivity index (χ4v) is 7.04. The number of anilines is 1. The van der Waals surface area contributed by atoms with Crippen LogP contribution in [0.5, 0.6) is 0 Å². The fraction of sp³-hybridized carbons (Fsp3) is 0.538. The van der Waals surface area contributed by atoms with Gasteiger partial charge in [0.2, 0.25) is 5.91 Å². The Bertz CT molecular complexity index is 1260. The zero-order valence-electron chi connectivity index (χ0n) is 21.4. The van der Waals surface area contributed by atoms with Gasteiger partial charge in [0.15, 0.2) is 0 Å². The molecule has 0 radical (unpaired) electrons. The average Bonchev–Trinajstić information content (AvgIpc) is 3.28. The Morgan fingerprint density at radius 1 is 0.973 bits per heavy atom. The number of carbonyl (C=O) groups excluding carboxylic acids is 2. The second-order valence-corrected chi connectivity index (χ2v) is 11.9. The maximum atomic E-state index is 13.8. The molecule has 3 fully saturated rings. The highest BCUT2D eigenvalue weighted by atomic mass is 32.2. The van der Waals surface area contributed by atoms with Crippen LogP contribution in [0.4, 0.5) is 10.6 Å². The molecule has 2 aromatic rings. The van der Waals surface area contributed by atoms with Crippen molar-refractivity contribution in [3.63, 3.8) is 0 Å². The number of benzene rings is 1. The van der Waals surface area contributed by atoms with Crippen molar-refractivity contribution in [3.05, 3.63) is 47.9 Å². The summed E-state index contributed by atoms with van der Waals surface area (Å²) < 4.78 is 27.7. The van der Waals surface area contributed by atoms with E-state index in [4.69, 9.17) is 0 Å². The first kappa shape index (κ1) is 25.4. The summed E-state index contributed by atoms with van der Waals surface area (Å²) in [7, 11) is -4.06. The molecule has 37 heavy (non-hydrogen) atoms. The number of hydrogen-bond acceptors (Lipinski definition) is 7. The fourth-order valence-electron chi connectivity index (χ4n) is 5.65. The molecule has 1 saturated carbocycles. The summed E-state index contributed by atoms with van der Waals surface area (Å²) in [5.41, 5.74) is 1.68. The molecule has 0 N–H and O–H groups in total. The largest absolute Gasteiger partial charge is 0.352 e. The second kappa shape index (κ2) is 10.3. The standard InChI is InChI=1S/C26H34N6O4S/c1-19-17-27-20(2)24(28-19)29-13-15-30(16-14-29)25(33)23-18-31(37(35,36)22-11-7-4-8-12-22)26(34)32(23)21-9-5-3-6-10-21/h4,7-8,11-12,17,21,23H,3,5-6,9-10,13-16,18H2,1-2H3. The van der Waals surface area contributed by atoms with E-state index in [1.54, 1.807) is 34.2 Å². The number of sulfonamides is 1. The zero-order valence-corrected chi connectivity index (χ0v) is 22.2. The molecule has 1 unspecified atom stereocenters. The molecular weight excluding hydrogens is 492 g/mol. The van der Waals surface area contributed by atoms with Crippen LogP contribution >= 0.6 is 0 Å². The summed E-state index contributed by atoms with van der Waals surface area (Å²) in [5.74, 6) is 0.642. The van der Waals surface area contributed by atoms with Crippen LogP contribution in [-0.4, -0.2) is 89.2 Å². The van der Waals surface area contributed by atoms with Gasteiger partial charge in [0.05, 0.1) is 22.8 Å².